The molecule has 0 bridgehead atoms. The first-order chi connectivity index (χ1) is 8.59. The number of nitrogens with zero attached hydrogens (tertiary/aromatic N) is 2. The van der Waals surface area contributed by atoms with Crippen LogP contribution in [0.3, 0.4) is 0 Å². The van der Waals surface area contributed by atoms with Gasteiger partial charge in [-0.15, -0.1) is 0 Å². The average molecular weight is 332 g/mol. The molecule has 0 fully saturated rings. The van der Waals surface area contributed by atoms with Crippen LogP contribution in [0.25, 0.3) is 0 Å². The van der Waals surface area contributed by atoms with Gasteiger partial charge in [0.05, 0.1) is 17.9 Å². The average Bonchev–Trinajstić information content (AvgIpc) is 2.14. The van der Waals surface area contributed by atoms with Gasteiger partial charge in [0.25, 0.3) is 0 Å². The van der Waals surface area contributed by atoms with Crippen molar-refractivity contribution in [2.24, 2.45) is 0 Å². The number of rotatable bonds is 0. The van der Waals surface area contributed by atoms with Crippen LogP contribution in [0.5, 0.6) is 0 Å². The molecule has 0 amide bonds. The standard InChI is InChI=1S/2C3H9N.2CH2NO3P/c2*1-3(2)4;2*2-1-6(3,4)5/h2*3H,4H2,1-2H3;2*(H2,3,4,5). The fourth-order valence-corrected chi connectivity index (χ4v) is 0. The van der Waals surface area contributed by atoms with Gasteiger partial charge < -0.3 is 35.6 Å². The minimum atomic E-state index is -4.84. The molecule has 0 aromatic heterocycles. The maximum atomic E-state index is 9.33. The van der Waals surface area contributed by atoms with Crippen molar-refractivity contribution in [2.45, 2.75) is 39.8 Å². The Balaban J connectivity index is -0.0000000871. The summed E-state index contributed by atoms with van der Waals surface area (Å²) in [5.41, 5.74) is 7.28. The number of nitriles is 2. The van der Waals surface area contributed by atoms with Gasteiger partial charge in [0.1, 0.15) is 0 Å². The largest absolute Gasteiger partial charge is 0.800 e. The van der Waals surface area contributed by atoms with E-state index in [2.05, 4.69) is 39.2 Å². The second-order valence-electron chi connectivity index (χ2n) is 4.03. The minimum Gasteiger partial charge on any atom is -0.800 e. The lowest BCUT2D eigenvalue weighted by Gasteiger charge is -2.17. The minimum absolute atomic E-state index is 0.549. The van der Waals surface area contributed by atoms with Gasteiger partial charge in [-0.05, 0) is 27.7 Å². The molecule has 0 rings (SSSR count). The van der Waals surface area contributed by atoms with Gasteiger partial charge in [0.2, 0.25) is 0 Å². The van der Waals surface area contributed by atoms with E-state index >= 15 is 0 Å². The molecule has 0 heterocycles. The molecule has 0 unspecified atom stereocenters. The van der Waals surface area contributed by atoms with E-state index in [1.165, 1.54) is 0 Å². The summed E-state index contributed by atoms with van der Waals surface area (Å²) < 4.78 is 18.4. The van der Waals surface area contributed by atoms with Crippen LogP contribution in [0.2, 0.25) is 0 Å². The molecule has 20 heavy (non-hydrogen) atoms. The van der Waals surface area contributed by atoms with Crippen LogP contribution < -0.4 is 21.3 Å². The molecule has 0 atom stereocenters. The highest BCUT2D eigenvalue weighted by Crippen LogP contribution is 2.30. The van der Waals surface area contributed by atoms with Crippen molar-refractivity contribution in [1.82, 2.24) is 0 Å². The van der Waals surface area contributed by atoms with Crippen molar-refractivity contribution in [3.05, 3.63) is 0 Å². The lowest BCUT2D eigenvalue weighted by atomic mass is 10.4. The van der Waals surface area contributed by atoms with E-state index in [4.69, 9.17) is 34.7 Å². The molecule has 120 valence electrons. The van der Waals surface area contributed by atoms with Gasteiger partial charge >= 0.3 is 7.60 Å². The molecule has 0 saturated carbocycles. The van der Waals surface area contributed by atoms with Crippen molar-refractivity contribution in [1.29, 1.82) is 10.5 Å². The number of quaternary nitrogens is 2. The van der Waals surface area contributed by atoms with Gasteiger partial charge in [-0.1, -0.05) is 0 Å². The van der Waals surface area contributed by atoms with Crippen LogP contribution in [-0.2, 0) is 9.13 Å². The van der Waals surface area contributed by atoms with Gasteiger partial charge in [0, 0.05) is 7.60 Å². The predicted molar refractivity (Wildman–Crippen MR) is 66.9 cm³/mol. The Bertz CT molecular complexity index is 345. The Kier molecular flexibility index (Phi) is 20.1. The van der Waals surface area contributed by atoms with E-state index in [1.807, 2.05) is 0 Å². The van der Waals surface area contributed by atoms with E-state index in [0.29, 0.717) is 17.9 Å². The molecule has 12 heteroatoms. The summed E-state index contributed by atoms with van der Waals surface area (Å²) in [5, 5.41) is 14.7. The normalized spacial score (nSPS) is 9.70. The predicted octanol–water partition coefficient (Wildman–Crippen LogP) is -2.70. The lowest BCUT2D eigenvalue weighted by molar-refractivity contribution is -0.408. The maximum Gasteiger partial charge on any atom is 0.426 e. The fourth-order valence-electron chi connectivity index (χ4n) is 0. The van der Waals surface area contributed by atoms with Crippen LogP contribution in [0, 0.1) is 22.1 Å². The van der Waals surface area contributed by atoms with E-state index in [-0.39, 0.29) is 0 Å². The molecule has 0 aromatic rings. The third-order valence-electron chi connectivity index (χ3n) is 0.253. The van der Waals surface area contributed by atoms with Gasteiger partial charge in [-0.3, -0.25) is 0 Å². The highest BCUT2D eigenvalue weighted by atomic mass is 31.2. The Morgan fingerprint density at radius 2 is 1.05 bits per heavy atom. The summed E-state index contributed by atoms with van der Waals surface area (Å²) in [5.74, 6) is 1.32. The first kappa shape index (κ1) is 27.5. The lowest BCUT2D eigenvalue weighted by Crippen LogP contribution is -2.57. The van der Waals surface area contributed by atoms with E-state index < -0.39 is 15.2 Å². The third kappa shape index (κ3) is 167. The third-order valence-corrected chi connectivity index (χ3v) is 0.758. The Hall–Kier alpha value is -0.800. The molecule has 0 saturated heterocycles. The SMILES string of the molecule is CC(C)[NH3+].CC(C)[NH3+].N#CP(=O)(O)O.N#CP(=O)([O-])[O-]. The van der Waals surface area contributed by atoms with Crippen molar-refractivity contribution < 1.29 is 40.2 Å². The second kappa shape index (κ2) is 14.6. The van der Waals surface area contributed by atoms with Crippen molar-refractivity contribution in [3.8, 4) is 11.6 Å². The smallest absolute Gasteiger partial charge is 0.426 e. The van der Waals surface area contributed by atoms with E-state index in [1.54, 1.807) is 0 Å². The highest BCUT2D eigenvalue weighted by molar-refractivity contribution is 7.57. The van der Waals surface area contributed by atoms with E-state index in [0.717, 1.165) is 5.81 Å². The molecule has 0 aliphatic carbocycles. The summed E-state index contributed by atoms with van der Waals surface area (Å²) >= 11 is 0. The first-order valence-electron chi connectivity index (χ1n) is 5.15. The van der Waals surface area contributed by atoms with Gasteiger partial charge in [-0.25, -0.2) is 4.57 Å². The van der Waals surface area contributed by atoms with Crippen LogP contribution in [0.4, 0.5) is 0 Å². The molecule has 0 aliphatic rings. The molecular formula is C8H22N4O6P2. The number of hydrogen-bond donors (Lipinski definition) is 4. The zero-order chi connectivity index (χ0) is 17.6. The Morgan fingerprint density at radius 1 is 0.950 bits per heavy atom. The van der Waals surface area contributed by atoms with Crippen LogP contribution in [0.15, 0.2) is 0 Å². The molecular weight excluding hydrogens is 310 g/mol. The van der Waals surface area contributed by atoms with Crippen molar-refractivity contribution in [2.75, 3.05) is 0 Å². The summed E-state index contributed by atoms with van der Waals surface area (Å²) in [4.78, 5) is 33.4. The van der Waals surface area contributed by atoms with E-state index in [9.17, 15) is 4.57 Å². The molecule has 0 radical (unpaired) electrons. The Morgan fingerprint density at radius 3 is 1.05 bits per heavy atom. The topological polar surface area (TPSA) is 224 Å². The van der Waals surface area contributed by atoms with Gasteiger partial charge in [-0.2, -0.15) is 10.5 Å². The monoisotopic (exact) mass is 332 g/mol. The van der Waals surface area contributed by atoms with Crippen molar-refractivity contribution >= 4 is 15.2 Å². The Labute approximate surface area is 118 Å². The zero-order valence-electron chi connectivity index (χ0n) is 11.9. The van der Waals surface area contributed by atoms with Crippen LogP contribution in [-0.4, -0.2) is 21.9 Å². The fraction of sp³-hybridized carbons (Fsp3) is 0.750. The molecule has 8 N–H and O–H groups in total. The maximum absolute atomic E-state index is 9.33. The quantitative estimate of drug-likeness (QED) is 0.340. The van der Waals surface area contributed by atoms with Crippen molar-refractivity contribution in [3.63, 3.8) is 0 Å². The highest BCUT2D eigenvalue weighted by Gasteiger charge is 2.06. The molecule has 0 aromatic carbocycles. The van der Waals surface area contributed by atoms with Crippen LogP contribution in [0.1, 0.15) is 27.7 Å². The van der Waals surface area contributed by atoms with Gasteiger partial charge in [0.15, 0.2) is 5.81 Å². The zero-order valence-corrected chi connectivity index (χ0v) is 13.7. The summed E-state index contributed by atoms with van der Waals surface area (Å²) in [6.07, 6.45) is 0. The summed E-state index contributed by atoms with van der Waals surface area (Å²) in [6.45, 7) is 8.22. The summed E-state index contributed by atoms with van der Waals surface area (Å²) in [7, 11) is -9.18. The second-order valence-corrected chi connectivity index (χ2v) is 6.51. The molecule has 0 spiro atoms. The first-order valence-corrected chi connectivity index (χ1v) is 8.31. The molecule has 0 aliphatic heterocycles. The number of hydrogen-bond acceptors (Lipinski definition) is 6. The van der Waals surface area contributed by atoms with Crippen LogP contribution >= 0.6 is 15.2 Å². The molecule has 10 nitrogen and oxygen atoms in total. The summed E-state index contributed by atoms with van der Waals surface area (Å²) in [6, 6.07) is 1.17.